The number of carbonyl (C=O) groups is 1. The van der Waals surface area contributed by atoms with Gasteiger partial charge in [-0.05, 0) is 41.5 Å². The summed E-state index contributed by atoms with van der Waals surface area (Å²) < 4.78 is 27.7. The Morgan fingerprint density at radius 1 is 0.761 bits per heavy atom. The van der Waals surface area contributed by atoms with Crippen LogP contribution in [-0.2, 0) is 28.5 Å². The first-order chi connectivity index (χ1) is 21.8. The van der Waals surface area contributed by atoms with Crippen LogP contribution < -0.4 is 0 Å². The van der Waals surface area contributed by atoms with Gasteiger partial charge in [-0.1, -0.05) is 12.1 Å². The lowest BCUT2D eigenvalue weighted by molar-refractivity contribution is -0.361. The van der Waals surface area contributed by atoms with Gasteiger partial charge in [-0.3, -0.25) is 0 Å². The Morgan fingerprint density at radius 3 is 2.02 bits per heavy atom. The van der Waals surface area contributed by atoms with Crippen molar-refractivity contribution in [1.82, 2.24) is 0 Å². The molecule has 2 fully saturated rings. The van der Waals surface area contributed by atoms with Crippen LogP contribution in [0.2, 0.25) is 0 Å². The van der Waals surface area contributed by atoms with Crippen LogP contribution >= 0.6 is 0 Å². The van der Waals surface area contributed by atoms with Gasteiger partial charge in [0.25, 0.3) is 0 Å². The molecular formula is C29H36O17. The highest BCUT2D eigenvalue weighted by atomic mass is 16.7. The molecule has 0 amide bonds. The van der Waals surface area contributed by atoms with Crippen LogP contribution in [0.15, 0.2) is 42.5 Å². The molecule has 11 atom stereocenters. The van der Waals surface area contributed by atoms with E-state index >= 15 is 0 Å². The average molecular weight is 657 g/mol. The molecule has 4 rings (SSSR count). The van der Waals surface area contributed by atoms with Gasteiger partial charge in [-0.2, -0.15) is 0 Å². The topological polar surface area (TPSA) is 286 Å². The van der Waals surface area contributed by atoms with Gasteiger partial charge in [0, 0.05) is 6.08 Å². The summed E-state index contributed by atoms with van der Waals surface area (Å²) in [6.07, 6.45) is -16.4. The fourth-order valence-corrected chi connectivity index (χ4v) is 4.82. The van der Waals surface area contributed by atoms with E-state index in [1.54, 1.807) is 0 Å². The van der Waals surface area contributed by atoms with Gasteiger partial charge < -0.3 is 79.9 Å². The highest BCUT2D eigenvalue weighted by molar-refractivity contribution is 5.87. The van der Waals surface area contributed by atoms with Gasteiger partial charge in [-0.15, -0.1) is 0 Å². The largest absolute Gasteiger partial charge is 0.504 e. The summed E-state index contributed by atoms with van der Waals surface area (Å²) in [5, 5.41) is 111. The zero-order valence-electron chi connectivity index (χ0n) is 24.0. The maximum atomic E-state index is 12.8. The van der Waals surface area contributed by atoms with E-state index in [0.29, 0.717) is 0 Å². The third-order valence-corrected chi connectivity index (χ3v) is 7.40. The summed E-state index contributed by atoms with van der Waals surface area (Å²) in [5.74, 6) is -2.85. The number of benzene rings is 2. The molecule has 2 saturated heterocycles. The van der Waals surface area contributed by atoms with Crippen LogP contribution in [0, 0.1) is 0 Å². The first-order valence-electron chi connectivity index (χ1n) is 14.0. The number of aliphatic hydroxyl groups is 7. The monoisotopic (exact) mass is 656 g/mol. The number of phenolic OH excluding ortho intramolecular Hbond substituents is 4. The fourth-order valence-electron chi connectivity index (χ4n) is 4.82. The van der Waals surface area contributed by atoms with E-state index in [2.05, 4.69) is 0 Å². The first kappa shape index (κ1) is 35.3. The van der Waals surface area contributed by atoms with Crippen molar-refractivity contribution in [3.63, 3.8) is 0 Å². The number of ether oxygens (including phenoxy) is 5. The second kappa shape index (κ2) is 15.3. The molecule has 2 aliphatic rings. The Labute approximate surface area is 260 Å². The number of aromatic hydroxyl groups is 4. The minimum atomic E-state index is -1.93. The van der Waals surface area contributed by atoms with Crippen LogP contribution in [0.3, 0.4) is 0 Å². The molecule has 46 heavy (non-hydrogen) atoms. The lowest BCUT2D eigenvalue weighted by Gasteiger charge is -2.46. The first-order valence-corrected chi connectivity index (χ1v) is 14.0. The van der Waals surface area contributed by atoms with E-state index in [9.17, 15) is 61.0 Å². The molecule has 0 aliphatic carbocycles. The summed E-state index contributed by atoms with van der Waals surface area (Å²) >= 11 is 0. The summed E-state index contributed by atoms with van der Waals surface area (Å²) in [7, 11) is 0. The standard InChI is InChI=1S/C29H36O17/c30-9-19-22(38)23(39)24(40)29(43-19)46-27-25(41)28(42-11-18(36)13-3-5-15(33)17(35)8-13)44-20(10-31)26(27)45-21(37)6-2-12-1-4-14(32)16(34)7-12/h1-8,18-20,22-36,38-41H,9-11H2/t18-,19-,20+,22-,23+,24-,25-,26+,27-,28+,29+/m0/s1. The highest BCUT2D eigenvalue weighted by Gasteiger charge is 2.52. The Kier molecular flexibility index (Phi) is 11.8. The van der Waals surface area contributed by atoms with E-state index in [0.717, 1.165) is 24.3 Å². The van der Waals surface area contributed by atoms with Crippen LogP contribution in [0.5, 0.6) is 23.0 Å². The van der Waals surface area contributed by atoms with E-state index in [-0.39, 0.29) is 11.1 Å². The molecule has 17 nitrogen and oxygen atoms in total. The van der Waals surface area contributed by atoms with Gasteiger partial charge in [0.1, 0.15) is 48.8 Å². The predicted molar refractivity (Wildman–Crippen MR) is 150 cm³/mol. The summed E-state index contributed by atoms with van der Waals surface area (Å²) in [6, 6.07) is 7.22. The van der Waals surface area contributed by atoms with Gasteiger partial charge in [0.2, 0.25) is 0 Å². The molecule has 2 aliphatic heterocycles. The zero-order chi connectivity index (χ0) is 33.7. The highest BCUT2D eigenvalue weighted by Crippen LogP contribution is 2.33. The van der Waals surface area contributed by atoms with Crippen molar-refractivity contribution < 1.29 is 84.7 Å². The van der Waals surface area contributed by atoms with E-state index in [1.807, 2.05) is 0 Å². The van der Waals surface area contributed by atoms with Crippen molar-refractivity contribution in [2.45, 2.75) is 67.5 Å². The second-order valence-corrected chi connectivity index (χ2v) is 10.6. The molecule has 254 valence electrons. The normalized spacial score (nSPS) is 32.3. The van der Waals surface area contributed by atoms with Crippen LogP contribution in [0.1, 0.15) is 17.2 Å². The summed E-state index contributed by atoms with van der Waals surface area (Å²) in [5.41, 5.74) is 0.406. The van der Waals surface area contributed by atoms with Crippen LogP contribution in [0.25, 0.3) is 6.08 Å². The van der Waals surface area contributed by atoms with Crippen molar-refractivity contribution in [3.8, 4) is 23.0 Å². The van der Waals surface area contributed by atoms with E-state index in [1.165, 1.54) is 24.3 Å². The Bertz CT molecular complexity index is 1350. The molecule has 0 unspecified atom stereocenters. The smallest absolute Gasteiger partial charge is 0.331 e. The molecule has 0 saturated carbocycles. The Hall–Kier alpha value is -3.59. The number of aliphatic hydroxyl groups excluding tert-OH is 7. The minimum absolute atomic E-state index is 0.119. The minimum Gasteiger partial charge on any atom is -0.504 e. The van der Waals surface area contributed by atoms with Gasteiger partial charge in [0.15, 0.2) is 41.7 Å². The van der Waals surface area contributed by atoms with Crippen molar-refractivity contribution in [1.29, 1.82) is 0 Å². The number of hydrogen-bond acceptors (Lipinski definition) is 17. The van der Waals surface area contributed by atoms with Crippen molar-refractivity contribution in [2.24, 2.45) is 0 Å². The van der Waals surface area contributed by atoms with Gasteiger partial charge >= 0.3 is 5.97 Å². The lowest BCUT2D eigenvalue weighted by atomic mass is 9.96. The van der Waals surface area contributed by atoms with Gasteiger partial charge in [0.05, 0.1) is 19.8 Å². The fraction of sp³-hybridized carbons (Fsp3) is 0.483. The maximum Gasteiger partial charge on any atom is 0.331 e. The number of carbonyl (C=O) groups excluding carboxylic acids is 1. The third-order valence-electron chi connectivity index (χ3n) is 7.40. The quantitative estimate of drug-likeness (QED) is 0.0674. The predicted octanol–water partition coefficient (Wildman–Crippen LogP) is -2.55. The molecule has 0 aromatic heterocycles. The Balaban J connectivity index is 1.56. The number of esters is 1. The third kappa shape index (κ3) is 8.03. The molecular weight excluding hydrogens is 620 g/mol. The number of hydrogen-bond donors (Lipinski definition) is 11. The number of phenols is 4. The molecule has 17 heteroatoms. The molecule has 0 spiro atoms. The van der Waals surface area contributed by atoms with Crippen molar-refractivity contribution >= 4 is 12.0 Å². The summed E-state index contributed by atoms with van der Waals surface area (Å²) in [6.45, 7) is -2.21. The lowest BCUT2D eigenvalue weighted by Crippen LogP contribution is -2.65. The molecule has 2 aromatic rings. The van der Waals surface area contributed by atoms with E-state index < -0.39 is 116 Å². The van der Waals surface area contributed by atoms with Gasteiger partial charge in [-0.25, -0.2) is 4.79 Å². The average Bonchev–Trinajstić information content (AvgIpc) is 3.03. The molecule has 2 aromatic carbocycles. The van der Waals surface area contributed by atoms with E-state index in [4.69, 9.17) is 23.7 Å². The Morgan fingerprint density at radius 2 is 1.39 bits per heavy atom. The van der Waals surface area contributed by atoms with Crippen molar-refractivity contribution in [3.05, 3.63) is 53.6 Å². The summed E-state index contributed by atoms with van der Waals surface area (Å²) in [4.78, 5) is 12.8. The molecule has 0 bridgehead atoms. The van der Waals surface area contributed by atoms with Crippen LogP contribution in [0.4, 0.5) is 0 Å². The number of rotatable bonds is 11. The molecule has 11 N–H and O–H groups in total. The van der Waals surface area contributed by atoms with Crippen LogP contribution in [-0.4, -0.2) is 143 Å². The molecule has 0 radical (unpaired) electrons. The maximum absolute atomic E-state index is 12.8. The zero-order valence-corrected chi connectivity index (χ0v) is 24.0. The molecule has 2 heterocycles. The second-order valence-electron chi connectivity index (χ2n) is 10.6. The van der Waals surface area contributed by atoms with Crippen molar-refractivity contribution in [2.75, 3.05) is 19.8 Å². The SMILES string of the molecule is O=C(C=Cc1ccc(O)c(O)c1)O[C@H]1[C@@H](O[C@H]2O[C@@H](CO)[C@H](O)[C@@H](O)[C@@H]2O)[C@H](O)[C@H](OC[C@H](O)c2ccc(O)c(O)c2)O[C@@H]1CO.